The molecule has 0 bridgehead atoms. The third-order valence-electron chi connectivity index (χ3n) is 3.55. The van der Waals surface area contributed by atoms with Crippen LogP contribution in [0.2, 0.25) is 10.0 Å². The van der Waals surface area contributed by atoms with Gasteiger partial charge in [-0.15, -0.1) is 0 Å². The molecule has 0 aliphatic rings. The number of benzene rings is 2. The van der Waals surface area contributed by atoms with Gasteiger partial charge in [-0.2, -0.15) is 0 Å². The number of aromatic nitrogens is 1. The Morgan fingerprint density at radius 1 is 0.857 bits per heavy atom. The van der Waals surface area contributed by atoms with Gasteiger partial charge >= 0.3 is 0 Å². The van der Waals surface area contributed by atoms with Crippen molar-refractivity contribution in [3.05, 3.63) is 69.8 Å². The van der Waals surface area contributed by atoms with Gasteiger partial charge in [0.1, 0.15) is 0 Å². The first kappa shape index (κ1) is 14.2. The van der Waals surface area contributed by atoms with Crippen molar-refractivity contribution in [3.8, 4) is 22.4 Å². The van der Waals surface area contributed by atoms with Crippen LogP contribution >= 0.6 is 23.2 Å². The van der Waals surface area contributed by atoms with Gasteiger partial charge in [-0.05, 0) is 37.1 Å². The lowest BCUT2D eigenvalue weighted by Crippen LogP contribution is -1.84. The van der Waals surface area contributed by atoms with E-state index in [2.05, 4.69) is 36.2 Å². The van der Waals surface area contributed by atoms with Crippen LogP contribution in [0.25, 0.3) is 22.4 Å². The van der Waals surface area contributed by atoms with Gasteiger partial charge < -0.3 is 4.98 Å². The lowest BCUT2D eigenvalue weighted by molar-refractivity contribution is 1.27. The standard InChI is InChI=1S/C18H15Cl2N/c1-11-4-3-5-14(10-11)16-17(20)12(2)21-18(16)13-6-8-15(19)9-7-13/h3-10,21H,1-2H3. The Balaban J connectivity index is 2.23. The highest BCUT2D eigenvalue weighted by Crippen LogP contribution is 2.39. The van der Waals surface area contributed by atoms with E-state index in [-0.39, 0.29) is 0 Å². The number of rotatable bonds is 2. The van der Waals surface area contributed by atoms with Gasteiger partial charge in [0, 0.05) is 16.3 Å². The third-order valence-corrected chi connectivity index (χ3v) is 4.28. The third kappa shape index (κ3) is 2.72. The Morgan fingerprint density at radius 2 is 1.57 bits per heavy atom. The second kappa shape index (κ2) is 5.59. The molecular formula is C18H15Cl2N. The number of aromatic amines is 1. The van der Waals surface area contributed by atoms with E-state index >= 15 is 0 Å². The van der Waals surface area contributed by atoms with E-state index < -0.39 is 0 Å². The summed E-state index contributed by atoms with van der Waals surface area (Å²) in [7, 11) is 0. The molecule has 0 amide bonds. The molecule has 2 aromatic carbocycles. The fourth-order valence-corrected chi connectivity index (χ4v) is 2.88. The molecule has 0 radical (unpaired) electrons. The van der Waals surface area contributed by atoms with Crippen LogP contribution in [0.15, 0.2) is 48.5 Å². The topological polar surface area (TPSA) is 15.8 Å². The Bertz CT molecular complexity index is 785. The van der Waals surface area contributed by atoms with Crippen LogP contribution in [-0.2, 0) is 0 Å². The van der Waals surface area contributed by atoms with Crippen LogP contribution < -0.4 is 0 Å². The van der Waals surface area contributed by atoms with Crippen molar-refractivity contribution in [2.75, 3.05) is 0 Å². The number of nitrogens with one attached hydrogen (secondary N) is 1. The molecule has 1 nitrogen and oxygen atoms in total. The predicted molar refractivity (Wildman–Crippen MR) is 91.2 cm³/mol. The maximum Gasteiger partial charge on any atom is 0.0695 e. The first-order valence-electron chi connectivity index (χ1n) is 6.77. The summed E-state index contributed by atoms with van der Waals surface area (Å²) in [6, 6.07) is 16.1. The summed E-state index contributed by atoms with van der Waals surface area (Å²) in [5.74, 6) is 0. The number of H-pyrrole nitrogens is 1. The Labute approximate surface area is 134 Å². The number of aryl methyl sites for hydroxylation is 2. The van der Waals surface area contributed by atoms with E-state index in [1.54, 1.807) is 0 Å². The fourth-order valence-electron chi connectivity index (χ4n) is 2.51. The van der Waals surface area contributed by atoms with Gasteiger partial charge in [-0.25, -0.2) is 0 Å². The van der Waals surface area contributed by atoms with E-state index in [9.17, 15) is 0 Å². The molecule has 0 aliphatic heterocycles. The largest absolute Gasteiger partial charge is 0.357 e. The molecule has 0 saturated heterocycles. The van der Waals surface area contributed by atoms with Crippen LogP contribution in [0.1, 0.15) is 11.3 Å². The Hall–Kier alpha value is -1.70. The second-order valence-corrected chi connectivity index (χ2v) is 6.00. The minimum absolute atomic E-state index is 0.727. The fraction of sp³-hybridized carbons (Fsp3) is 0.111. The van der Waals surface area contributed by atoms with E-state index in [4.69, 9.17) is 23.2 Å². The molecule has 21 heavy (non-hydrogen) atoms. The molecule has 1 N–H and O–H groups in total. The van der Waals surface area contributed by atoms with Crippen molar-refractivity contribution in [2.24, 2.45) is 0 Å². The first-order valence-corrected chi connectivity index (χ1v) is 7.53. The Kier molecular flexibility index (Phi) is 3.79. The zero-order valence-electron chi connectivity index (χ0n) is 11.9. The molecule has 0 fully saturated rings. The molecule has 0 saturated carbocycles. The predicted octanol–water partition coefficient (Wildman–Crippen LogP) is 6.27. The molecular weight excluding hydrogens is 301 g/mol. The molecule has 1 aromatic heterocycles. The molecule has 0 atom stereocenters. The molecule has 1 heterocycles. The van der Waals surface area contributed by atoms with Gasteiger partial charge in [0.2, 0.25) is 0 Å². The number of halogens is 2. The molecule has 0 unspecified atom stereocenters. The van der Waals surface area contributed by atoms with Crippen molar-refractivity contribution < 1.29 is 0 Å². The minimum Gasteiger partial charge on any atom is -0.357 e. The highest BCUT2D eigenvalue weighted by Gasteiger charge is 2.16. The lowest BCUT2D eigenvalue weighted by atomic mass is 10.00. The van der Waals surface area contributed by atoms with Crippen LogP contribution in [0, 0.1) is 13.8 Å². The highest BCUT2D eigenvalue weighted by atomic mass is 35.5. The molecule has 3 aromatic rings. The number of hydrogen-bond acceptors (Lipinski definition) is 0. The summed E-state index contributed by atoms with van der Waals surface area (Å²) >= 11 is 12.5. The molecule has 106 valence electrons. The quantitative estimate of drug-likeness (QED) is 0.573. The zero-order valence-corrected chi connectivity index (χ0v) is 13.4. The summed E-state index contributed by atoms with van der Waals surface area (Å²) in [5.41, 5.74) is 6.45. The van der Waals surface area contributed by atoms with Crippen molar-refractivity contribution in [1.29, 1.82) is 0 Å². The molecule has 0 spiro atoms. The lowest BCUT2D eigenvalue weighted by Gasteiger charge is -2.07. The highest BCUT2D eigenvalue weighted by molar-refractivity contribution is 6.35. The van der Waals surface area contributed by atoms with E-state index in [0.29, 0.717) is 0 Å². The normalized spacial score (nSPS) is 10.9. The van der Waals surface area contributed by atoms with E-state index in [1.807, 2.05) is 31.2 Å². The average molecular weight is 316 g/mol. The summed E-state index contributed by atoms with van der Waals surface area (Å²) in [5, 5.41) is 1.50. The van der Waals surface area contributed by atoms with Gasteiger partial charge in [-0.3, -0.25) is 0 Å². The van der Waals surface area contributed by atoms with Gasteiger partial charge in [0.05, 0.1) is 10.7 Å². The van der Waals surface area contributed by atoms with Crippen molar-refractivity contribution in [1.82, 2.24) is 4.98 Å². The van der Waals surface area contributed by atoms with Gasteiger partial charge in [0.15, 0.2) is 0 Å². The molecule has 3 rings (SSSR count). The zero-order chi connectivity index (χ0) is 15.0. The second-order valence-electron chi connectivity index (χ2n) is 5.19. The summed E-state index contributed by atoms with van der Waals surface area (Å²) in [6.07, 6.45) is 0. The molecule has 0 aliphatic carbocycles. The average Bonchev–Trinajstić information content (AvgIpc) is 2.76. The SMILES string of the molecule is Cc1cccc(-c2c(-c3ccc(Cl)cc3)[nH]c(C)c2Cl)c1. The van der Waals surface area contributed by atoms with E-state index in [1.165, 1.54) is 5.56 Å². The molecule has 3 heteroatoms. The Morgan fingerprint density at radius 3 is 2.24 bits per heavy atom. The van der Waals surface area contributed by atoms with Crippen molar-refractivity contribution in [3.63, 3.8) is 0 Å². The van der Waals surface area contributed by atoms with Crippen LogP contribution in [0.3, 0.4) is 0 Å². The van der Waals surface area contributed by atoms with Gasteiger partial charge in [0.25, 0.3) is 0 Å². The monoisotopic (exact) mass is 315 g/mol. The minimum atomic E-state index is 0.727. The van der Waals surface area contributed by atoms with Crippen molar-refractivity contribution in [2.45, 2.75) is 13.8 Å². The van der Waals surface area contributed by atoms with Crippen LogP contribution in [0.5, 0.6) is 0 Å². The maximum atomic E-state index is 6.52. The van der Waals surface area contributed by atoms with Gasteiger partial charge in [-0.1, -0.05) is 65.2 Å². The smallest absolute Gasteiger partial charge is 0.0695 e. The van der Waals surface area contributed by atoms with E-state index in [0.717, 1.165) is 38.1 Å². The summed E-state index contributed by atoms with van der Waals surface area (Å²) in [6.45, 7) is 4.07. The van der Waals surface area contributed by atoms with Crippen molar-refractivity contribution >= 4 is 23.2 Å². The van der Waals surface area contributed by atoms with Crippen LogP contribution in [-0.4, -0.2) is 4.98 Å². The number of hydrogen-bond donors (Lipinski definition) is 1. The summed E-state index contributed by atoms with van der Waals surface area (Å²) in [4.78, 5) is 3.39. The maximum absolute atomic E-state index is 6.52. The summed E-state index contributed by atoms with van der Waals surface area (Å²) < 4.78 is 0. The van der Waals surface area contributed by atoms with Crippen LogP contribution in [0.4, 0.5) is 0 Å². The first-order chi connectivity index (χ1) is 10.1.